The molecule has 3 nitrogen and oxygen atoms in total. The Kier molecular flexibility index (Phi) is 4.54. The molecule has 2 aromatic carbocycles. The predicted octanol–water partition coefficient (Wildman–Crippen LogP) is 4.43. The Hall–Kier alpha value is -0.980. The van der Waals surface area contributed by atoms with Crippen molar-refractivity contribution in [1.29, 1.82) is 0 Å². The molecule has 19 heavy (non-hydrogen) atoms. The first-order valence-corrected chi connectivity index (χ1v) is 7.12. The molecule has 98 valence electrons. The first-order chi connectivity index (χ1) is 8.97. The Bertz CT molecular complexity index is 647. The van der Waals surface area contributed by atoms with Crippen LogP contribution in [0.2, 0.25) is 10.0 Å². The molecule has 0 radical (unpaired) electrons. The predicted molar refractivity (Wildman–Crippen MR) is 88.0 cm³/mol. The van der Waals surface area contributed by atoms with Gasteiger partial charge in [0.15, 0.2) is 0 Å². The van der Waals surface area contributed by atoms with Crippen molar-refractivity contribution in [3.63, 3.8) is 0 Å². The number of anilines is 2. The van der Waals surface area contributed by atoms with Crippen LogP contribution in [0.4, 0.5) is 11.4 Å². The molecule has 0 spiro atoms. The van der Waals surface area contributed by atoms with E-state index in [1.165, 1.54) is 0 Å². The minimum atomic E-state index is -0.243. The number of hydrogen-bond donors (Lipinski definition) is 2. The fourth-order valence-corrected chi connectivity index (χ4v) is 2.41. The molecule has 0 atom stereocenters. The lowest BCUT2D eigenvalue weighted by Gasteiger charge is -2.08. The number of halogens is 3. The number of nitrogens with one attached hydrogen (secondary N) is 1. The number of carbonyl (C=O) groups is 1. The van der Waals surface area contributed by atoms with Gasteiger partial charge in [0.2, 0.25) is 0 Å². The number of rotatable bonds is 2. The van der Waals surface area contributed by atoms with E-state index >= 15 is 0 Å². The molecule has 2 aromatic rings. The zero-order valence-corrected chi connectivity index (χ0v) is 13.3. The van der Waals surface area contributed by atoms with Gasteiger partial charge in [-0.25, -0.2) is 0 Å². The van der Waals surface area contributed by atoms with Gasteiger partial charge >= 0.3 is 0 Å². The lowest BCUT2D eigenvalue weighted by molar-refractivity contribution is 0.102. The van der Waals surface area contributed by atoms with Crippen LogP contribution in [0.5, 0.6) is 0 Å². The molecule has 0 aliphatic heterocycles. The van der Waals surface area contributed by atoms with Crippen molar-refractivity contribution in [1.82, 2.24) is 0 Å². The number of nitrogen functional groups attached to an aromatic ring is 1. The van der Waals surface area contributed by atoms with E-state index in [4.69, 9.17) is 28.9 Å². The Balaban J connectivity index is 2.25. The van der Waals surface area contributed by atoms with Crippen LogP contribution in [-0.4, -0.2) is 5.91 Å². The third-order valence-electron chi connectivity index (χ3n) is 2.43. The van der Waals surface area contributed by atoms with Gasteiger partial charge < -0.3 is 11.1 Å². The second kappa shape index (κ2) is 5.98. The molecule has 0 aliphatic carbocycles. The van der Waals surface area contributed by atoms with Crippen LogP contribution >= 0.6 is 45.8 Å². The largest absolute Gasteiger partial charge is 0.398 e. The maximum atomic E-state index is 12.1. The van der Waals surface area contributed by atoms with E-state index < -0.39 is 0 Å². The minimum absolute atomic E-state index is 0.243. The molecule has 0 bridgehead atoms. The SMILES string of the molecule is Nc1ccc(NC(=O)c2cc(Cl)ccc2I)cc1Cl. The van der Waals surface area contributed by atoms with Crippen molar-refractivity contribution in [2.24, 2.45) is 0 Å². The summed E-state index contributed by atoms with van der Waals surface area (Å²) in [5.41, 5.74) is 7.18. The topological polar surface area (TPSA) is 55.1 Å². The summed E-state index contributed by atoms with van der Waals surface area (Å²) in [7, 11) is 0. The first kappa shape index (κ1) is 14.4. The number of carbonyl (C=O) groups excluding carboxylic acids is 1. The standard InChI is InChI=1S/C13H9Cl2IN2O/c14-7-1-3-11(16)9(5-7)13(19)18-8-2-4-12(17)10(15)6-8/h1-6H,17H2,(H,18,19). The van der Waals surface area contributed by atoms with Gasteiger partial charge in [0.25, 0.3) is 5.91 Å². The lowest BCUT2D eigenvalue weighted by Crippen LogP contribution is -2.13. The van der Waals surface area contributed by atoms with Gasteiger partial charge in [0.1, 0.15) is 0 Å². The number of hydrogen-bond acceptors (Lipinski definition) is 2. The van der Waals surface area contributed by atoms with Crippen LogP contribution < -0.4 is 11.1 Å². The average molecular weight is 407 g/mol. The molecule has 2 rings (SSSR count). The van der Waals surface area contributed by atoms with Crippen molar-refractivity contribution < 1.29 is 4.79 Å². The highest BCUT2D eigenvalue weighted by atomic mass is 127. The second-order valence-corrected chi connectivity index (χ2v) is 5.82. The molecule has 0 saturated carbocycles. The third-order valence-corrected chi connectivity index (χ3v) is 3.93. The summed E-state index contributed by atoms with van der Waals surface area (Å²) in [5, 5.41) is 3.67. The van der Waals surface area contributed by atoms with E-state index in [0.29, 0.717) is 27.0 Å². The summed E-state index contributed by atoms with van der Waals surface area (Å²) in [5.74, 6) is -0.243. The number of nitrogens with two attached hydrogens (primary N) is 1. The lowest BCUT2D eigenvalue weighted by atomic mass is 10.2. The average Bonchev–Trinajstić information content (AvgIpc) is 2.36. The fourth-order valence-electron chi connectivity index (χ4n) is 1.47. The van der Waals surface area contributed by atoms with E-state index in [0.717, 1.165) is 3.57 Å². The van der Waals surface area contributed by atoms with Crippen molar-refractivity contribution >= 4 is 63.1 Å². The molecule has 0 aliphatic rings. The van der Waals surface area contributed by atoms with Gasteiger partial charge in [-0.05, 0) is 59.0 Å². The van der Waals surface area contributed by atoms with Gasteiger partial charge in [-0.2, -0.15) is 0 Å². The van der Waals surface area contributed by atoms with Gasteiger partial charge in [-0.3, -0.25) is 4.79 Å². The molecular formula is C13H9Cl2IN2O. The Morgan fingerprint density at radius 1 is 1.16 bits per heavy atom. The molecule has 6 heteroatoms. The maximum Gasteiger partial charge on any atom is 0.256 e. The van der Waals surface area contributed by atoms with Crippen LogP contribution in [0, 0.1) is 3.57 Å². The van der Waals surface area contributed by atoms with Crippen molar-refractivity contribution in [2.75, 3.05) is 11.1 Å². The summed E-state index contributed by atoms with van der Waals surface area (Å²) in [6, 6.07) is 10.1. The number of benzene rings is 2. The van der Waals surface area contributed by atoms with E-state index in [9.17, 15) is 4.79 Å². The summed E-state index contributed by atoms with van der Waals surface area (Å²) in [4.78, 5) is 12.1. The monoisotopic (exact) mass is 406 g/mol. The van der Waals surface area contributed by atoms with Crippen LogP contribution in [0.15, 0.2) is 36.4 Å². The normalized spacial score (nSPS) is 10.3. The zero-order valence-electron chi connectivity index (χ0n) is 9.58. The van der Waals surface area contributed by atoms with E-state index in [-0.39, 0.29) is 5.91 Å². The molecule has 0 fully saturated rings. The smallest absolute Gasteiger partial charge is 0.256 e. The Morgan fingerprint density at radius 2 is 1.89 bits per heavy atom. The molecular weight excluding hydrogens is 398 g/mol. The van der Waals surface area contributed by atoms with Crippen LogP contribution in [0.3, 0.4) is 0 Å². The zero-order chi connectivity index (χ0) is 14.0. The van der Waals surface area contributed by atoms with E-state index in [2.05, 4.69) is 27.9 Å². The van der Waals surface area contributed by atoms with Gasteiger partial charge in [0, 0.05) is 14.3 Å². The minimum Gasteiger partial charge on any atom is -0.398 e. The molecule has 0 unspecified atom stereocenters. The van der Waals surface area contributed by atoms with Crippen molar-refractivity contribution in [3.05, 3.63) is 55.6 Å². The fraction of sp³-hybridized carbons (Fsp3) is 0. The summed E-state index contributed by atoms with van der Waals surface area (Å²) in [6.07, 6.45) is 0. The number of amides is 1. The summed E-state index contributed by atoms with van der Waals surface area (Å²) < 4.78 is 0.820. The van der Waals surface area contributed by atoms with E-state index in [1.807, 2.05) is 0 Å². The Morgan fingerprint density at radius 3 is 2.58 bits per heavy atom. The van der Waals surface area contributed by atoms with Crippen LogP contribution in [0.1, 0.15) is 10.4 Å². The molecule has 0 saturated heterocycles. The molecule has 0 aromatic heterocycles. The van der Waals surface area contributed by atoms with Crippen LogP contribution in [-0.2, 0) is 0 Å². The van der Waals surface area contributed by atoms with Crippen molar-refractivity contribution in [2.45, 2.75) is 0 Å². The highest BCUT2D eigenvalue weighted by Gasteiger charge is 2.11. The quantitative estimate of drug-likeness (QED) is 0.572. The summed E-state index contributed by atoms with van der Waals surface area (Å²) in [6.45, 7) is 0. The highest BCUT2D eigenvalue weighted by Crippen LogP contribution is 2.24. The van der Waals surface area contributed by atoms with Crippen molar-refractivity contribution in [3.8, 4) is 0 Å². The van der Waals surface area contributed by atoms with Gasteiger partial charge in [0.05, 0.1) is 16.3 Å². The highest BCUT2D eigenvalue weighted by molar-refractivity contribution is 14.1. The molecule has 3 N–H and O–H groups in total. The Labute approximate surface area is 134 Å². The molecule has 0 heterocycles. The maximum absolute atomic E-state index is 12.1. The second-order valence-electron chi connectivity index (χ2n) is 3.81. The first-order valence-electron chi connectivity index (χ1n) is 5.29. The van der Waals surface area contributed by atoms with Crippen LogP contribution in [0.25, 0.3) is 0 Å². The van der Waals surface area contributed by atoms with E-state index in [1.54, 1.807) is 36.4 Å². The van der Waals surface area contributed by atoms with Gasteiger partial charge in [-0.1, -0.05) is 23.2 Å². The third kappa shape index (κ3) is 3.52. The summed E-state index contributed by atoms with van der Waals surface area (Å²) >= 11 is 13.9. The molecule has 1 amide bonds. The van der Waals surface area contributed by atoms with Gasteiger partial charge in [-0.15, -0.1) is 0 Å².